The summed E-state index contributed by atoms with van der Waals surface area (Å²) in [6.45, 7) is 1.68. The zero-order valence-corrected chi connectivity index (χ0v) is 16.6. The maximum Gasteiger partial charge on any atom is 0.311 e. The number of hydrogen-bond acceptors (Lipinski definition) is 5. The van der Waals surface area contributed by atoms with Crippen LogP contribution in [0.25, 0.3) is 0 Å². The molecule has 0 bridgehead atoms. The van der Waals surface area contributed by atoms with Crippen molar-refractivity contribution in [2.24, 2.45) is 0 Å². The third-order valence-corrected chi connectivity index (χ3v) is 5.34. The number of ether oxygens (including phenoxy) is 1. The number of hydrogen-bond donors (Lipinski definition) is 1. The predicted molar refractivity (Wildman–Crippen MR) is 107 cm³/mol. The summed E-state index contributed by atoms with van der Waals surface area (Å²) in [6.07, 6.45) is 1.97. The van der Waals surface area contributed by atoms with Crippen LogP contribution in [0.4, 0.5) is 10.1 Å². The lowest BCUT2D eigenvalue weighted by Crippen LogP contribution is -2.37. The molecule has 1 N–H and O–H groups in total. The van der Waals surface area contributed by atoms with Gasteiger partial charge in [-0.25, -0.2) is 4.39 Å². The van der Waals surface area contributed by atoms with Gasteiger partial charge in [0, 0.05) is 28.8 Å². The van der Waals surface area contributed by atoms with Crippen molar-refractivity contribution in [1.29, 1.82) is 0 Å². The Kier molecular flexibility index (Phi) is 6.66. The molecule has 0 aromatic heterocycles. The second kappa shape index (κ2) is 9.19. The fraction of sp³-hybridized carbons (Fsp3) is 0.350. The van der Waals surface area contributed by atoms with E-state index in [0.717, 1.165) is 32.0 Å². The lowest BCUT2D eigenvalue weighted by molar-refractivity contribution is -0.385. The number of nitrogens with zero attached hydrogens (tertiary/aromatic N) is 2. The number of nitrogens with one attached hydrogen (secondary N) is 1. The van der Waals surface area contributed by atoms with Crippen LogP contribution >= 0.6 is 11.6 Å². The van der Waals surface area contributed by atoms with Crippen LogP contribution in [0.15, 0.2) is 36.4 Å². The molecular weight excluding hydrogens is 401 g/mol. The number of benzene rings is 2. The maximum atomic E-state index is 14.5. The van der Waals surface area contributed by atoms with Gasteiger partial charge in [-0.05, 0) is 50.2 Å². The Bertz CT molecular complexity index is 898. The first-order valence-electron chi connectivity index (χ1n) is 9.21. The largest absolute Gasteiger partial charge is 0.490 e. The Morgan fingerprint density at radius 1 is 1.34 bits per heavy atom. The number of rotatable bonds is 7. The van der Waals surface area contributed by atoms with Crippen LogP contribution in [-0.4, -0.2) is 42.5 Å². The molecule has 1 fully saturated rings. The van der Waals surface area contributed by atoms with E-state index in [2.05, 4.69) is 10.2 Å². The van der Waals surface area contributed by atoms with Gasteiger partial charge in [-0.1, -0.05) is 17.7 Å². The van der Waals surface area contributed by atoms with Crippen molar-refractivity contribution in [2.75, 3.05) is 26.7 Å². The fourth-order valence-electron chi connectivity index (χ4n) is 3.56. The SMILES string of the molecule is COc1ccc(C(=O)NCC(c2c(F)cccc2Cl)N2CCCC2)cc1[N+](=O)[O-]. The van der Waals surface area contributed by atoms with Crippen molar-refractivity contribution in [1.82, 2.24) is 10.2 Å². The third kappa shape index (κ3) is 4.65. The Hall–Kier alpha value is -2.71. The summed E-state index contributed by atoms with van der Waals surface area (Å²) >= 11 is 6.26. The highest BCUT2D eigenvalue weighted by Crippen LogP contribution is 2.32. The van der Waals surface area contributed by atoms with E-state index in [1.54, 1.807) is 6.07 Å². The van der Waals surface area contributed by atoms with E-state index in [9.17, 15) is 19.3 Å². The average Bonchev–Trinajstić information content (AvgIpc) is 3.23. The number of carbonyl (C=O) groups excluding carboxylic acids is 1. The predicted octanol–water partition coefficient (Wildman–Crippen LogP) is 3.96. The number of likely N-dealkylation sites (tertiary alicyclic amines) is 1. The zero-order chi connectivity index (χ0) is 21.0. The summed E-state index contributed by atoms with van der Waals surface area (Å²) in [7, 11) is 1.32. The number of nitro benzene ring substituents is 1. The molecule has 1 aliphatic rings. The van der Waals surface area contributed by atoms with Gasteiger partial charge in [-0.3, -0.25) is 19.8 Å². The molecule has 0 aliphatic carbocycles. The Morgan fingerprint density at radius 3 is 2.69 bits per heavy atom. The van der Waals surface area contributed by atoms with Gasteiger partial charge in [0.05, 0.1) is 18.1 Å². The van der Waals surface area contributed by atoms with Crippen LogP contribution < -0.4 is 10.1 Å². The molecule has 1 heterocycles. The van der Waals surface area contributed by atoms with E-state index in [-0.39, 0.29) is 23.5 Å². The van der Waals surface area contributed by atoms with E-state index in [0.29, 0.717) is 10.6 Å². The maximum absolute atomic E-state index is 14.5. The molecule has 29 heavy (non-hydrogen) atoms. The molecule has 7 nitrogen and oxygen atoms in total. The first-order valence-corrected chi connectivity index (χ1v) is 9.58. The van der Waals surface area contributed by atoms with Gasteiger partial charge in [0.1, 0.15) is 5.82 Å². The van der Waals surface area contributed by atoms with E-state index in [1.807, 2.05) is 0 Å². The van der Waals surface area contributed by atoms with E-state index < -0.39 is 22.7 Å². The van der Waals surface area contributed by atoms with Gasteiger partial charge in [0.15, 0.2) is 5.75 Å². The van der Waals surface area contributed by atoms with Crippen LogP contribution in [0.1, 0.15) is 34.8 Å². The third-order valence-electron chi connectivity index (χ3n) is 5.01. The molecule has 2 aromatic rings. The minimum atomic E-state index is -0.609. The molecular formula is C20H21ClFN3O4. The highest BCUT2D eigenvalue weighted by atomic mass is 35.5. The van der Waals surface area contributed by atoms with Gasteiger partial charge in [0.2, 0.25) is 0 Å². The van der Waals surface area contributed by atoms with E-state index in [1.165, 1.54) is 31.4 Å². The quantitative estimate of drug-likeness (QED) is 0.540. The highest BCUT2D eigenvalue weighted by Gasteiger charge is 2.28. The normalized spacial score (nSPS) is 15.1. The van der Waals surface area contributed by atoms with Crippen molar-refractivity contribution in [3.05, 3.63) is 68.5 Å². The molecule has 1 amide bonds. The van der Waals surface area contributed by atoms with Crippen molar-refractivity contribution in [3.8, 4) is 5.75 Å². The number of methoxy groups -OCH3 is 1. The number of amides is 1. The summed E-state index contributed by atoms with van der Waals surface area (Å²) in [6, 6.07) is 8.06. The number of nitro groups is 1. The average molecular weight is 422 g/mol. The molecule has 1 aliphatic heterocycles. The van der Waals surface area contributed by atoms with E-state index in [4.69, 9.17) is 16.3 Å². The molecule has 1 atom stereocenters. The van der Waals surface area contributed by atoms with E-state index >= 15 is 0 Å². The minimum absolute atomic E-state index is 0.0691. The number of carbonyl (C=O) groups is 1. The Morgan fingerprint density at radius 2 is 2.07 bits per heavy atom. The molecule has 1 unspecified atom stereocenters. The smallest absolute Gasteiger partial charge is 0.311 e. The van der Waals surface area contributed by atoms with Crippen molar-refractivity contribution in [3.63, 3.8) is 0 Å². The van der Waals surface area contributed by atoms with Crippen LogP contribution in [0, 0.1) is 15.9 Å². The van der Waals surface area contributed by atoms with Crippen LogP contribution in [-0.2, 0) is 0 Å². The lowest BCUT2D eigenvalue weighted by Gasteiger charge is -2.29. The van der Waals surface area contributed by atoms with Crippen LogP contribution in [0.2, 0.25) is 5.02 Å². The monoisotopic (exact) mass is 421 g/mol. The van der Waals surface area contributed by atoms with Gasteiger partial charge in [-0.15, -0.1) is 0 Å². The molecule has 9 heteroatoms. The lowest BCUT2D eigenvalue weighted by atomic mass is 10.0. The van der Waals surface area contributed by atoms with Gasteiger partial charge in [0.25, 0.3) is 5.91 Å². The number of halogens is 2. The summed E-state index contributed by atoms with van der Waals surface area (Å²) in [5.41, 5.74) is 0.169. The summed E-state index contributed by atoms with van der Waals surface area (Å²) in [5.74, 6) is -0.851. The topological polar surface area (TPSA) is 84.7 Å². The Labute approximate surface area is 172 Å². The van der Waals surface area contributed by atoms with Crippen LogP contribution in [0.3, 0.4) is 0 Å². The summed E-state index contributed by atoms with van der Waals surface area (Å²) in [4.78, 5) is 25.3. The first-order chi connectivity index (χ1) is 13.9. The molecule has 0 radical (unpaired) electrons. The second-order valence-corrected chi connectivity index (χ2v) is 7.16. The molecule has 154 valence electrons. The molecule has 2 aromatic carbocycles. The molecule has 0 spiro atoms. The van der Waals surface area contributed by atoms with Gasteiger partial charge < -0.3 is 10.1 Å². The fourth-order valence-corrected chi connectivity index (χ4v) is 3.85. The van der Waals surface area contributed by atoms with Gasteiger partial charge in [-0.2, -0.15) is 0 Å². The molecule has 3 rings (SSSR count). The zero-order valence-electron chi connectivity index (χ0n) is 15.9. The van der Waals surface area contributed by atoms with Crippen molar-refractivity contribution in [2.45, 2.75) is 18.9 Å². The first kappa shape index (κ1) is 21.0. The van der Waals surface area contributed by atoms with Gasteiger partial charge >= 0.3 is 5.69 Å². The summed E-state index contributed by atoms with van der Waals surface area (Å²) < 4.78 is 19.5. The van der Waals surface area contributed by atoms with Crippen molar-refractivity contribution < 1.29 is 18.8 Å². The summed E-state index contributed by atoms with van der Waals surface area (Å²) in [5, 5.41) is 14.3. The van der Waals surface area contributed by atoms with Crippen LogP contribution in [0.5, 0.6) is 5.75 Å². The molecule has 1 saturated heterocycles. The standard InChI is InChI=1S/C20H21ClFN3O4/c1-29-18-8-7-13(11-16(18)25(27)28)20(26)23-12-17(24-9-2-3-10-24)19-14(21)5-4-6-15(19)22/h4-8,11,17H,2-3,9-10,12H2,1H3,(H,23,26). The Balaban J connectivity index is 1.82. The minimum Gasteiger partial charge on any atom is -0.490 e. The molecule has 0 saturated carbocycles. The highest BCUT2D eigenvalue weighted by molar-refractivity contribution is 6.31. The van der Waals surface area contributed by atoms with Crippen molar-refractivity contribution >= 4 is 23.2 Å². The second-order valence-electron chi connectivity index (χ2n) is 6.75.